The van der Waals surface area contributed by atoms with Gasteiger partial charge in [-0.1, -0.05) is 13.8 Å². The minimum absolute atomic E-state index is 0.0534. The molecule has 1 unspecified atom stereocenters. The standard InChI is InChI=1S/C12H21N3O2/c1-5-7-15(9-11(16)14(3)4)12(17)10(6-2)8-13/h10H,5-7,9H2,1-4H3. The number of nitrogens with zero attached hydrogens (tertiary/aromatic N) is 3. The van der Waals surface area contributed by atoms with Gasteiger partial charge in [0.05, 0.1) is 12.6 Å². The number of rotatable bonds is 6. The van der Waals surface area contributed by atoms with E-state index in [9.17, 15) is 9.59 Å². The second kappa shape index (κ2) is 7.66. The van der Waals surface area contributed by atoms with Gasteiger partial charge in [-0.25, -0.2) is 0 Å². The molecule has 0 heterocycles. The van der Waals surface area contributed by atoms with Gasteiger partial charge in [0.1, 0.15) is 5.92 Å². The van der Waals surface area contributed by atoms with Crippen molar-refractivity contribution < 1.29 is 9.59 Å². The van der Waals surface area contributed by atoms with Crippen LogP contribution in [0.3, 0.4) is 0 Å². The molecule has 0 aliphatic carbocycles. The lowest BCUT2D eigenvalue weighted by molar-refractivity contribution is -0.140. The maximum Gasteiger partial charge on any atom is 0.241 e. The summed E-state index contributed by atoms with van der Waals surface area (Å²) in [5.41, 5.74) is 0. The van der Waals surface area contributed by atoms with Crippen LogP contribution in [0.25, 0.3) is 0 Å². The maximum atomic E-state index is 12.0. The first-order chi connectivity index (χ1) is 7.97. The third-order valence-electron chi connectivity index (χ3n) is 2.49. The van der Waals surface area contributed by atoms with E-state index in [0.29, 0.717) is 13.0 Å². The Labute approximate surface area is 103 Å². The molecule has 0 spiro atoms. The summed E-state index contributed by atoms with van der Waals surface area (Å²) in [6.45, 7) is 4.30. The Hall–Kier alpha value is -1.57. The Morgan fingerprint density at radius 3 is 2.24 bits per heavy atom. The summed E-state index contributed by atoms with van der Waals surface area (Å²) in [7, 11) is 3.30. The summed E-state index contributed by atoms with van der Waals surface area (Å²) in [4.78, 5) is 26.5. The van der Waals surface area contributed by atoms with Crippen LogP contribution in [0.5, 0.6) is 0 Å². The van der Waals surface area contributed by atoms with Crippen molar-refractivity contribution in [1.82, 2.24) is 9.80 Å². The van der Waals surface area contributed by atoms with E-state index in [1.807, 2.05) is 13.0 Å². The molecule has 0 radical (unpaired) electrons. The fourth-order valence-electron chi connectivity index (χ4n) is 1.38. The van der Waals surface area contributed by atoms with E-state index in [0.717, 1.165) is 6.42 Å². The van der Waals surface area contributed by atoms with Gasteiger partial charge in [0, 0.05) is 20.6 Å². The molecule has 0 bridgehead atoms. The van der Waals surface area contributed by atoms with Crippen molar-refractivity contribution in [3.05, 3.63) is 0 Å². The summed E-state index contributed by atoms with van der Waals surface area (Å²) in [5, 5.41) is 8.86. The number of likely N-dealkylation sites (N-methyl/N-ethyl adjacent to an activating group) is 1. The molecule has 0 saturated carbocycles. The van der Waals surface area contributed by atoms with E-state index in [-0.39, 0.29) is 18.4 Å². The quantitative estimate of drug-likeness (QED) is 0.690. The van der Waals surface area contributed by atoms with Crippen LogP contribution >= 0.6 is 0 Å². The van der Waals surface area contributed by atoms with Gasteiger partial charge in [0.15, 0.2) is 0 Å². The molecule has 0 N–H and O–H groups in total. The molecule has 5 nitrogen and oxygen atoms in total. The molecule has 0 aromatic heterocycles. The van der Waals surface area contributed by atoms with Crippen LogP contribution in [0.1, 0.15) is 26.7 Å². The van der Waals surface area contributed by atoms with Gasteiger partial charge in [-0.3, -0.25) is 9.59 Å². The van der Waals surface area contributed by atoms with Crippen molar-refractivity contribution >= 4 is 11.8 Å². The van der Waals surface area contributed by atoms with Crippen LogP contribution in [0.15, 0.2) is 0 Å². The monoisotopic (exact) mass is 239 g/mol. The van der Waals surface area contributed by atoms with Gasteiger partial charge >= 0.3 is 0 Å². The van der Waals surface area contributed by atoms with Crippen LogP contribution in [-0.2, 0) is 9.59 Å². The van der Waals surface area contributed by atoms with Gasteiger partial charge in [0.2, 0.25) is 11.8 Å². The van der Waals surface area contributed by atoms with E-state index < -0.39 is 5.92 Å². The highest BCUT2D eigenvalue weighted by Gasteiger charge is 2.24. The third-order valence-corrected chi connectivity index (χ3v) is 2.49. The second-order valence-corrected chi connectivity index (χ2v) is 4.14. The van der Waals surface area contributed by atoms with Crippen LogP contribution in [-0.4, -0.2) is 48.8 Å². The van der Waals surface area contributed by atoms with Crippen molar-refractivity contribution in [2.45, 2.75) is 26.7 Å². The zero-order valence-electron chi connectivity index (χ0n) is 11.1. The third kappa shape index (κ3) is 4.85. The summed E-state index contributed by atoms with van der Waals surface area (Å²) in [6.07, 6.45) is 1.25. The summed E-state index contributed by atoms with van der Waals surface area (Å²) in [6, 6.07) is 1.98. The number of hydrogen-bond donors (Lipinski definition) is 0. The van der Waals surface area contributed by atoms with E-state index >= 15 is 0 Å². The lowest BCUT2D eigenvalue weighted by Crippen LogP contribution is -2.43. The highest BCUT2D eigenvalue weighted by Crippen LogP contribution is 2.07. The SMILES string of the molecule is CCCN(CC(=O)N(C)C)C(=O)C(C#N)CC. The Kier molecular flexibility index (Phi) is 6.95. The predicted molar refractivity (Wildman–Crippen MR) is 65.0 cm³/mol. The average Bonchev–Trinajstić information content (AvgIpc) is 2.29. The smallest absolute Gasteiger partial charge is 0.241 e. The van der Waals surface area contributed by atoms with Crippen LogP contribution in [0.2, 0.25) is 0 Å². The molecule has 0 aromatic rings. The summed E-state index contributed by atoms with van der Waals surface area (Å²) >= 11 is 0. The number of carbonyl (C=O) groups is 2. The minimum Gasteiger partial charge on any atom is -0.347 e. The number of carbonyl (C=O) groups excluding carboxylic acids is 2. The van der Waals surface area contributed by atoms with Crippen molar-refractivity contribution in [3.63, 3.8) is 0 Å². The van der Waals surface area contributed by atoms with Gasteiger partial charge in [-0.2, -0.15) is 5.26 Å². The molecule has 96 valence electrons. The van der Waals surface area contributed by atoms with Gasteiger partial charge in [0.25, 0.3) is 0 Å². The Morgan fingerprint density at radius 1 is 1.29 bits per heavy atom. The molecular weight excluding hydrogens is 218 g/mol. The molecule has 0 saturated heterocycles. The summed E-state index contributed by atoms with van der Waals surface area (Å²) in [5.74, 6) is -1.01. The van der Waals surface area contributed by atoms with Crippen LogP contribution < -0.4 is 0 Å². The van der Waals surface area contributed by atoms with Gasteiger partial charge < -0.3 is 9.80 Å². The second-order valence-electron chi connectivity index (χ2n) is 4.14. The molecular formula is C12H21N3O2. The van der Waals surface area contributed by atoms with E-state index in [4.69, 9.17) is 5.26 Å². The Balaban J connectivity index is 4.68. The van der Waals surface area contributed by atoms with Gasteiger partial charge in [-0.15, -0.1) is 0 Å². The normalized spacial score (nSPS) is 11.5. The molecule has 0 aromatic carbocycles. The lowest BCUT2D eigenvalue weighted by atomic mass is 10.1. The fraction of sp³-hybridized carbons (Fsp3) is 0.750. The topological polar surface area (TPSA) is 64.4 Å². The average molecular weight is 239 g/mol. The van der Waals surface area contributed by atoms with E-state index in [1.54, 1.807) is 21.0 Å². The number of amides is 2. The van der Waals surface area contributed by atoms with Crippen molar-refractivity contribution in [2.24, 2.45) is 5.92 Å². The van der Waals surface area contributed by atoms with Crippen molar-refractivity contribution in [2.75, 3.05) is 27.2 Å². The molecule has 2 amide bonds. The molecule has 17 heavy (non-hydrogen) atoms. The minimum atomic E-state index is -0.642. The summed E-state index contributed by atoms with van der Waals surface area (Å²) < 4.78 is 0. The van der Waals surface area contributed by atoms with Crippen molar-refractivity contribution in [1.29, 1.82) is 5.26 Å². The largest absolute Gasteiger partial charge is 0.347 e. The first kappa shape index (κ1) is 15.4. The highest BCUT2D eigenvalue weighted by atomic mass is 16.2. The molecule has 0 aliphatic rings. The van der Waals surface area contributed by atoms with E-state index in [2.05, 4.69) is 0 Å². The number of hydrogen-bond acceptors (Lipinski definition) is 3. The maximum absolute atomic E-state index is 12.0. The fourth-order valence-corrected chi connectivity index (χ4v) is 1.38. The van der Waals surface area contributed by atoms with Crippen LogP contribution in [0, 0.1) is 17.2 Å². The van der Waals surface area contributed by atoms with Crippen LogP contribution in [0.4, 0.5) is 0 Å². The van der Waals surface area contributed by atoms with Crippen molar-refractivity contribution in [3.8, 4) is 6.07 Å². The zero-order chi connectivity index (χ0) is 13.4. The first-order valence-electron chi connectivity index (χ1n) is 5.86. The van der Waals surface area contributed by atoms with Gasteiger partial charge in [-0.05, 0) is 12.8 Å². The molecule has 0 fully saturated rings. The predicted octanol–water partition coefficient (Wildman–Crippen LogP) is 0.863. The molecule has 0 rings (SSSR count). The van der Waals surface area contributed by atoms with E-state index in [1.165, 1.54) is 9.80 Å². The Bertz CT molecular complexity index is 307. The highest BCUT2D eigenvalue weighted by molar-refractivity contribution is 5.86. The molecule has 1 atom stereocenters. The molecule has 0 aliphatic heterocycles. The first-order valence-corrected chi connectivity index (χ1v) is 5.86. The molecule has 5 heteroatoms. The lowest BCUT2D eigenvalue weighted by Gasteiger charge is -2.24. The number of nitriles is 1. The Morgan fingerprint density at radius 2 is 1.88 bits per heavy atom. The zero-order valence-corrected chi connectivity index (χ0v) is 11.1.